The largest absolute Gasteiger partial charge is 0.497 e. The van der Waals surface area contributed by atoms with Crippen LogP contribution in [-0.4, -0.2) is 72.4 Å². The van der Waals surface area contributed by atoms with Crippen molar-refractivity contribution in [3.63, 3.8) is 0 Å². The molecule has 2 N–H and O–H groups in total. The minimum atomic E-state index is -1.26. The predicted octanol–water partition coefficient (Wildman–Crippen LogP) is 4.46. The van der Waals surface area contributed by atoms with Gasteiger partial charge in [0.2, 0.25) is 0 Å². The molecule has 0 amide bonds. The van der Waals surface area contributed by atoms with E-state index in [2.05, 4.69) is 40.1 Å². The summed E-state index contributed by atoms with van der Waals surface area (Å²) in [6, 6.07) is 23.5. The van der Waals surface area contributed by atoms with Gasteiger partial charge in [0.15, 0.2) is 0 Å². The van der Waals surface area contributed by atoms with Gasteiger partial charge in [-0.25, -0.2) is 14.0 Å². The average molecular weight is 537 g/mol. The Morgan fingerprint density at radius 3 is 1.97 bits per heavy atom. The van der Waals surface area contributed by atoms with E-state index in [4.69, 9.17) is 19.7 Å². The average Bonchev–Trinajstić information content (AvgIpc) is 2.95. The van der Waals surface area contributed by atoms with E-state index in [-0.39, 0.29) is 11.9 Å². The highest BCUT2D eigenvalue weighted by atomic mass is 19.1. The zero-order valence-electron chi connectivity index (χ0n) is 22.0. The van der Waals surface area contributed by atoms with Gasteiger partial charge >= 0.3 is 11.9 Å². The van der Waals surface area contributed by atoms with Crippen LogP contribution in [0.4, 0.5) is 4.39 Å². The molecular weight excluding hydrogens is 503 g/mol. The van der Waals surface area contributed by atoms with E-state index < -0.39 is 11.9 Å². The number of carbonyl (C=O) groups is 2. The van der Waals surface area contributed by atoms with Gasteiger partial charge in [-0.3, -0.25) is 9.80 Å². The number of carboxylic acid groups (broad SMARTS) is 2. The molecule has 0 bridgehead atoms. The Bertz CT molecular complexity index is 1230. The van der Waals surface area contributed by atoms with Crippen molar-refractivity contribution in [1.82, 2.24) is 9.80 Å². The van der Waals surface area contributed by atoms with Crippen molar-refractivity contribution in [3.8, 4) is 11.5 Å². The Kier molecular flexibility index (Phi) is 11.0. The summed E-state index contributed by atoms with van der Waals surface area (Å²) in [5.41, 5.74) is 3.52. The highest BCUT2D eigenvalue weighted by Gasteiger charge is 2.26. The molecule has 0 spiro atoms. The fourth-order valence-corrected chi connectivity index (χ4v) is 4.44. The number of ether oxygens (including phenoxy) is 2. The summed E-state index contributed by atoms with van der Waals surface area (Å²) in [7, 11) is 3.36. The van der Waals surface area contributed by atoms with E-state index in [1.54, 1.807) is 26.4 Å². The van der Waals surface area contributed by atoms with E-state index in [1.807, 2.05) is 30.3 Å². The number of methoxy groups -OCH3 is 2. The molecule has 4 rings (SSSR count). The summed E-state index contributed by atoms with van der Waals surface area (Å²) in [4.78, 5) is 24.0. The number of halogens is 1. The molecule has 1 heterocycles. The van der Waals surface area contributed by atoms with Crippen LogP contribution >= 0.6 is 0 Å². The fourth-order valence-electron chi connectivity index (χ4n) is 4.44. The number of benzene rings is 3. The van der Waals surface area contributed by atoms with Crippen LogP contribution in [0.5, 0.6) is 11.5 Å². The molecule has 1 aliphatic rings. The highest BCUT2D eigenvalue weighted by molar-refractivity contribution is 5.89. The number of aliphatic carboxylic acids is 2. The summed E-state index contributed by atoms with van der Waals surface area (Å²) in [5, 5.41) is 15.6. The van der Waals surface area contributed by atoms with E-state index in [0.717, 1.165) is 55.3 Å². The van der Waals surface area contributed by atoms with Gasteiger partial charge in [0.25, 0.3) is 0 Å². The molecule has 3 aromatic rings. The maximum atomic E-state index is 13.5. The third-order valence-corrected chi connectivity index (χ3v) is 6.33. The zero-order chi connectivity index (χ0) is 28.2. The third kappa shape index (κ3) is 8.94. The van der Waals surface area contributed by atoms with Crippen molar-refractivity contribution < 1.29 is 33.7 Å². The first-order valence-electron chi connectivity index (χ1n) is 12.4. The second-order valence-electron chi connectivity index (χ2n) is 8.86. The maximum Gasteiger partial charge on any atom is 0.328 e. The topological polar surface area (TPSA) is 99.5 Å². The molecule has 0 radical (unpaired) electrons. The number of piperazine rings is 1. The highest BCUT2D eigenvalue weighted by Crippen LogP contribution is 2.31. The van der Waals surface area contributed by atoms with Gasteiger partial charge < -0.3 is 19.7 Å². The van der Waals surface area contributed by atoms with Crippen LogP contribution in [0.25, 0.3) is 0 Å². The van der Waals surface area contributed by atoms with Gasteiger partial charge in [-0.15, -0.1) is 0 Å². The van der Waals surface area contributed by atoms with E-state index in [0.29, 0.717) is 12.2 Å². The molecule has 0 aliphatic carbocycles. The van der Waals surface area contributed by atoms with Crippen LogP contribution in [0.2, 0.25) is 0 Å². The molecule has 1 unspecified atom stereocenters. The number of rotatable bonds is 9. The van der Waals surface area contributed by atoms with Gasteiger partial charge in [-0.05, 0) is 29.3 Å². The van der Waals surface area contributed by atoms with Crippen LogP contribution in [0.3, 0.4) is 0 Å². The Balaban J connectivity index is 0.000000459. The lowest BCUT2D eigenvalue weighted by molar-refractivity contribution is -0.134. The Hall–Kier alpha value is -4.21. The molecule has 0 aromatic heterocycles. The normalized spacial score (nSPS) is 14.7. The molecule has 8 nitrogen and oxygen atoms in total. The van der Waals surface area contributed by atoms with Crippen molar-refractivity contribution in [2.24, 2.45) is 0 Å². The lowest BCUT2D eigenvalue weighted by atomic mass is 9.96. The van der Waals surface area contributed by atoms with Gasteiger partial charge in [-0.2, -0.15) is 0 Å². The van der Waals surface area contributed by atoms with Crippen LogP contribution in [-0.2, 0) is 16.1 Å². The summed E-state index contributed by atoms with van der Waals surface area (Å²) in [6.45, 7) is 4.64. The Morgan fingerprint density at radius 2 is 1.44 bits per heavy atom. The van der Waals surface area contributed by atoms with Crippen LogP contribution in [0.1, 0.15) is 22.7 Å². The molecule has 1 aliphatic heterocycles. The van der Waals surface area contributed by atoms with Crippen LogP contribution < -0.4 is 9.47 Å². The Morgan fingerprint density at radius 1 is 0.846 bits per heavy atom. The second kappa shape index (κ2) is 14.7. The van der Waals surface area contributed by atoms with E-state index >= 15 is 0 Å². The first kappa shape index (κ1) is 29.3. The molecule has 206 valence electrons. The SMILES string of the molecule is COc1ccc(CN2CCN(C(c3ccccc3)c3ccc(F)cc3)CC2)c(OC)c1.O=C(O)/C=C/C(=O)O. The van der Waals surface area contributed by atoms with Crippen molar-refractivity contribution in [2.75, 3.05) is 40.4 Å². The summed E-state index contributed by atoms with van der Waals surface area (Å²) < 4.78 is 24.4. The quantitative estimate of drug-likeness (QED) is 0.387. The van der Waals surface area contributed by atoms with Gasteiger partial charge in [-0.1, -0.05) is 48.5 Å². The molecule has 0 saturated carbocycles. The van der Waals surface area contributed by atoms with Crippen molar-refractivity contribution in [3.05, 3.63) is 107 Å². The zero-order valence-corrected chi connectivity index (χ0v) is 22.0. The monoisotopic (exact) mass is 536 g/mol. The molecule has 9 heteroatoms. The van der Waals surface area contributed by atoms with E-state index in [1.165, 1.54) is 5.56 Å². The molecule has 39 heavy (non-hydrogen) atoms. The van der Waals surface area contributed by atoms with Gasteiger partial charge in [0.05, 0.1) is 20.3 Å². The van der Waals surface area contributed by atoms with Crippen molar-refractivity contribution >= 4 is 11.9 Å². The molecule has 1 saturated heterocycles. The smallest absolute Gasteiger partial charge is 0.328 e. The lowest BCUT2D eigenvalue weighted by Gasteiger charge is -2.40. The first-order valence-corrected chi connectivity index (χ1v) is 12.4. The van der Waals surface area contributed by atoms with Crippen LogP contribution in [0, 0.1) is 5.82 Å². The minimum Gasteiger partial charge on any atom is -0.497 e. The third-order valence-electron chi connectivity index (χ3n) is 6.33. The van der Waals surface area contributed by atoms with E-state index in [9.17, 15) is 14.0 Å². The minimum absolute atomic E-state index is 0.125. The predicted molar refractivity (Wildman–Crippen MR) is 145 cm³/mol. The fraction of sp³-hybridized carbons (Fsp3) is 0.267. The number of nitrogens with zero attached hydrogens (tertiary/aromatic N) is 2. The number of hydrogen-bond acceptors (Lipinski definition) is 6. The second-order valence-corrected chi connectivity index (χ2v) is 8.86. The number of hydrogen-bond donors (Lipinski definition) is 2. The summed E-state index contributed by atoms with van der Waals surface area (Å²) in [5.74, 6) is -1.06. The Labute approximate surface area is 227 Å². The lowest BCUT2D eigenvalue weighted by Crippen LogP contribution is -2.47. The van der Waals surface area contributed by atoms with Crippen LogP contribution in [0.15, 0.2) is 84.9 Å². The first-order chi connectivity index (χ1) is 18.8. The standard InChI is InChI=1S/C26H29FN2O2.C4H4O4/c1-30-24-13-10-22(25(18-24)31-2)19-28-14-16-29(17-15-28)26(20-6-4-3-5-7-20)21-8-11-23(27)12-9-21;5-3(6)1-2-4(7)8/h3-13,18,26H,14-17,19H2,1-2H3;1-2H,(H,5,6)(H,7,8)/b;2-1+. The molecule has 1 atom stereocenters. The number of carboxylic acids is 2. The van der Waals surface area contributed by atoms with Gasteiger partial charge in [0, 0.05) is 56.5 Å². The summed E-state index contributed by atoms with van der Waals surface area (Å²) >= 11 is 0. The van der Waals surface area contributed by atoms with Crippen molar-refractivity contribution in [1.29, 1.82) is 0 Å². The van der Waals surface area contributed by atoms with Gasteiger partial charge in [0.1, 0.15) is 17.3 Å². The molecule has 1 fully saturated rings. The molecule has 3 aromatic carbocycles. The maximum absolute atomic E-state index is 13.5. The molecular formula is C30H33FN2O6. The van der Waals surface area contributed by atoms with Crippen molar-refractivity contribution in [2.45, 2.75) is 12.6 Å². The summed E-state index contributed by atoms with van der Waals surface area (Å²) in [6.07, 6.45) is 1.12.